The highest BCUT2D eigenvalue weighted by atomic mass is 16.6. The number of nitrogen functional groups attached to an aromatic ring is 1. The Hall–Kier alpha value is -2.83. The number of benzene rings is 1. The van der Waals surface area contributed by atoms with Gasteiger partial charge in [-0.2, -0.15) is 9.97 Å². The van der Waals surface area contributed by atoms with Crippen molar-refractivity contribution in [3.05, 3.63) is 42.2 Å². The van der Waals surface area contributed by atoms with Crippen molar-refractivity contribution in [3.8, 4) is 6.01 Å². The molecule has 0 spiro atoms. The molecule has 0 unspecified atom stereocenters. The fourth-order valence-corrected chi connectivity index (χ4v) is 3.20. The number of rotatable bonds is 6. The molecule has 11 nitrogen and oxygen atoms in total. The molecule has 154 valence electrons. The van der Waals surface area contributed by atoms with E-state index in [1.165, 1.54) is 10.9 Å². The van der Waals surface area contributed by atoms with Crippen molar-refractivity contribution in [3.63, 3.8) is 0 Å². The largest absolute Gasteiger partial charge is 0.460 e. The molecule has 1 saturated heterocycles. The minimum absolute atomic E-state index is 0.0460. The third kappa shape index (κ3) is 3.61. The topological polar surface area (TPSA) is 169 Å². The second kappa shape index (κ2) is 7.89. The first-order chi connectivity index (χ1) is 14.0. The molecule has 6 N–H and O–H groups in total. The standard InChI is InChI=1S/C18H21N5O6/c19-15-12-16(23(8-20-12)17-14(27)13(26)11(6-24)29-17)22-18(21-15)28-7-10(25)9-4-2-1-3-5-9/h1-5,8,10-11,13-14,17,24-27H,6-7H2,(H2,19,21,22)/t10-,11+,13+,14+,17+/m0/s1. The Morgan fingerprint density at radius 1 is 1.17 bits per heavy atom. The van der Waals surface area contributed by atoms with Crippen LogP contribution in [-0.4, -0.2) is 71.5 Å². The highest BCUT2D eigenvalue weighted by Crippen LogP contribution is 2.32. The van der Waals surface area contributed by atoms with Gasteiger partial charge < -0.3 is 35.6 Å². The highest BCUT2D eigenvalue weighted by Gasteiger charge is 2.44. The van der Waals surface area contributed by atoms with E-state index in [1.807, 2.05) is 6.07 Å². The Morgan fingerprint density at radius 2 is 1.93 bits per heavy atom. The minimum atomic E-state index is -1.30. The predicted molar refractivity (Wildman–Crippen MR) is 99.6 cm³/mol. The summed E-state index contributed by atoms with van der Waals surface area (Å²) >= 11 is 0. The molecule has 29 heavy (non-hydrogen) atoms. The van der Waals surface area contributed by atoms with Crippen LogP contribution in [0.3, 0.4) is 0 Å². The van der Waals surface area contributed by atoms with Gasteiger partial charge >= 0.3 is 6.01 Å². The summed E-state index contributed by atoms with van der Waals surface area (Å²) in [4.78, 5) is 12.4. The van der Waals surface area contributed by atoms with Gasteiger partial charge in [0.15, 0.2) is 23.2 Å². The number of anilines is 1. The lowest BCUT2D eigenvalue weighted by atomic mass is 10.1. The van der Waals surface area contributed by atoms with E-state index in [0.717, 1.165) is 0 Å². The quantitative estimate of drug-likeness (QED) is 0.349. The fourth-order valence-electron chi connectivity index (χ4n) is 3.20. The lowest BCUT2D eigenvalue weighted by Crippen LogP contribution is -2.33. The Labute approximate surface area is 165 Å². The number of imidazole rings is 1. The number of hydrogen-bond acceptors (Lipinski definition) is 10. The summed E-state index contributed by atoms with van der Waals surface area (Å²) in [6.45, 7) is -0.554. The second-order valence-electron chi connectivity index (χ2n) is 6.68. The monoisotopic (exact) mass is 403 g/mol. The van der Waals surface area contributed by atoms with Crippen molar-refractivity contribution in [2.45, 2.75) is 30.6 Å². The van der Waals surface area contributed by atoms with Crippen LogP contribution >= 0.6 is 0 Å². The van der Waals surface area contributed by atoms with E-state index in [1.54, 1.807) is 24.3 Å². The molecule has 11 heteroatoms. The molecular formula is C18H21N5O6. The van der Waals surface area contributed by atoms with E-state index < -0.39 is 37.3 Å². The van der Waals surface area contributed by atoms with Crippen molar-refractivity contribution in [1.82, 2.24) is 19.5 Å². The van der Waals surface area contributed by atoms with E-state index >= 15 is 0 Å². The van der Waals surface area contributed by atoms with Gasteiger partial charge in [0.25, 0.3) is 0 Å². The number of aliphatic hydroxyl groups excluding tert-OH is 4. The maximum atomic E-state index is 10.3. The Bertz CT molecular complexity index is 984. The Morgan fingerprint density at radius 3 is 2.62 bits per heavy atom. The van der Waals surface area contributed by atoms with Crippen LogP contribution in [0.15, 0.2) is 36.7 Å². The number of hydrogen-bond donors (Lipinski definition) is 5. The summed E-state index contributed by atoms with van der Waals surface area (Å²) < 4.78 is 12.4. The van der Waals surface area contributed by atoms with E-state index in [9.17, 15) is 20.4 Å². The number of ether oxygens (including phenoxy) is 2. The Kier molecular flexibility index (Phi) is 5.30. The van der Waals surface area contributed by atoms with Gasteiger partial charge in [0.1, 0.15) is 31.0 Å². The third-order valence-corrected chi connectivity index (χ3v) is 4.77. The maximum Gasteiger partial charge on any atom is 0.320 e. The van der Waals surface area contributed by atoms with Gasteiger partial charge in [-0.3, -0.25) is 4.57 Å². The first kappa shape index (κ1) is 19.5. The molecule has 2 aromatic heterocycles. The normalized spacial score (nSPS) is 25.4. The SMILES string of the molecule is Nc1nc(OC[C@H](O)c2ccccc2)nc2c1ncn2[C@@H]1O[C@H](CO)[C@@H](O)[C@H]1O. The fraction of sp³-hybridized carbons (Fsp3) is 0.389. The zero-order valence-corrected chi connectivity index (χ0v) is 15.2. The molecule has 1 aliphatic rings. The summed E-state index contributed by atoms with van der Waals surface area (Å²) in [5.41, 5.74) is 7.10. The number of fused-ring (bicyclic) bond motifs is 1. The van der Waals surface area contributed by atoms with Crippen LogP contribution in [0.5, 0.6) is 6.01 Å². The minimum Gasteiger partial charge on any atom is -0.460 e. The van der Waals surface area contributed by atoms with E-state index in [-0.39, 0.29) is 29.6 Å². The lowest BCUT2D eigenvalue weighted by molar-refractivity contribution is -0.0511. The Balaban J connectivity index is 1.59. The van der Waals surface area contributed by atoms with Gasteiger partial charge in [-0.05, 0) is 5.56 Å². The summed E-state index contributed by atoms with van der Waals surface area (Å²) in [6.07, 6.45) is -4.07. The number of aromatic nitrogens is 4. The first-order valence-electron chi connectivity index (χ1n) is 8.98. The van der Waals surface area contributed by atoms with Crippen LogP contribution in [0.1, 0.15) is 17.9 Å². The van der Waals surface area contributed by atoms with Crippen LogP contribution in [0.2, 0.25) is 0 Å². The average Bonchev–Trinajstić information content (AvgIpc) is 3.28. The number of nitrogens with zero attached hydrogens (tertiary/aromatic N) is 4. The van der Waals surface area contributed by atoms with Crippen molar-refractivity contribution >= 4 is 17.0 Å². The first-order valence-corrected chi connectivity index (χ1v) is 8.98. The van der Waals surface area contributed by atoms with E-state index in [2.05, 4.69) is 15.0 Å². The molecule has 3 heterocycles. The molecule has 0 radical (unpaired) electrons. The molecule has 1 aliphatic heterocycles. The summed E-state index contributed by atoms with van der Waals surface area (Å²) in [5.74, 6) is 0.0460. The molecule has 0 aliphatic carbocycles. The zero-order valence-electron chi connectivity index (χ0n) is 15.2. The predicted octanol–water partition coefficient (Wildman–Crippen LogP) is -0.868. The number of nitrogens with two attached hydrogens (primary N) is 1. The van der Waals surface area contributed by atoms with Gasteiger partial charge in [0.2, 0.25) is 0 Å². The molecule has 0 bridgehead atoms. The van der Waals surface area contributed by atoms with Gasteiger partial charge in [0, 0.05) is 0 Å². The molecule has 0 amide bonds. The number of aliphatic hydroxyl groups is 4. The summed E-state index contributed by atoms with van der Waals surface area (Å²) in [6, 6.07) is 8.90. The second-order valence-corrected chi connectivity index (χ2v) is 6.68. The van der Waals surface area contributed by atoms with Crippen LogP contribution in [0.4, 0.5) is 5.82 Å². The maximum absolute atomic E-state index is 10.3. The zero-order chi connectivity index (χ0) is 20.5. The van der Waals surface area contributed by atoms with Gasteiger partial charge in [-0.25, -0.2) is 4.98 Å². The molecule has 1 fully saturated rings. The van der Waals surface area contributed by atoms with Gasteiger partial charge in [0.05, 0.1) is 12.9 Å². The van der Waals surface area contributed by atoms with Crippen LogP contribution < -0.4 is 10.5 Å². The molecule has 3 aromatic rings. The van der Waals surface area contributed by atoms with Gasteiger partial charge in [-0.15, -0.1) is 0 Å². The van der Waals surface area contributed by atoms with Crippen LogP contribution in [0.25, 0.3) is 11.2 Å². The van der Waals surface area contributed by atoms with Crippen LogP contribution in [0, 0.1) is 0 Å². The average molecular weight is 403 g/mol. The molecule has 4 rings (SSSR count). The van der Waals surface area contributed by atoms with Crippen molar-refractivity contribution in [2.75, 3.05) is 18.9 Å². The summed E-state index contributed by atoms with van der Waals surface area (Å²) in [5, 5.41) is 39.8. The smallest absolute Gasteiger partial charge is 0.320 e. The van der Waals surface area contributed by atoms with Crippen molar-refractivity contribution < 1.29 is 29.9 Å². The molecule has 1 aromatic carbocycles. The summed E-state index contributed by atoms with van der Waals surface area (Å²) in [7, 11) is 0. The molecular weight excluding hydrogens is 382 g/mol. The molecule has 5 atom stereocenters. The van der Waals surface area contributed by atoms with Crippen molar-refractivity contribution in [1.29, 1.82) is 0 Å². The van der Waals surface area contributed by atoms with E-state index in [0.29, 0.717) is 5.56 Å². The van der Waals surface area contributed by atoms with E-state index in [4.69, 9.17) is 15.2 Å². The third-order valence-electron chi connectivity index (χ3n) is 4.77. The lowest BCUT2D eigenvalue weighted by Gasteiger charge is -2.17. The van der Waals surface area contributed by atoms with Gasteiger partial charge in [-0.1, -0.05) is 30.3 Å². The van der Waals surface area contributed by atoms with Crippen molar-refractivity contribution in [2.24, 2.45) is 0 Å². The molecule has 0 saturated carbocycles. The van der Waals surface area contributed by atoms with Crippen LogP contribution in [-0.2, 0) is 4.74 Å². The highest BCUT2D eigenvalue weighted by molar-refractivity contribution is 5.82.